The van der Waals surface area contributed by atoms with E-state index in [1.54, 1.807) is 36.5 Å². The number of carbonyl (C=O) groups is 1. The highest BCUT2D eigenvalue weighted by atomic mass is 32.2. The van der Waals surface area contributed by atoms with Gasteiger partial charge in [-0.3, -0.25) is 9.52 Å². The van der Waals surface area contributed by atoms with Crippen molar-refractivity contribution in [3.8, 4) is 10.6 Å². The number of thiazole rings is 1. The highest BCUT2D eigenvalue weighted by molar-refractivity contribution is 7.92. The van der Waals surface area contributed by atoms with Crippen LogP contribution in [0.15, 0.2) is 65.7 Å². The number of nitrogens with one attached hydrogen (secondary N) is 1. The fourth-order valence-corrected chi connectivity index (χ4v) is 5.72. The molecule has 4 aromatic rings. The van der Waals surface area contributed by atoms with Gasteiger partial charge in [0.05, 0.1) is 4.90 Å². The molecule has 0 bridgehead atoms. The molecule has 0 atom stereocenters. The van der Waals surface area contributed by atoms with E-state index in [4.69, 9.17) is 0 Å². The van der Waals surface area contributed by atoms with E-state index in [2.05, 4.69) is 14.7 Å². The van der Waals surface area contributed by atoms with Crippen molar-refractivity contribution in [3.05, 3.63) is 66.4 Å². The monoisotopic (exact) mass is 504 g/mol. The first kappa shape index (κ1) is 22.3. The van der Waals surface area contributed by atoms with Crippen molar-refractivity contribution < 1.29 is 26.4 Å². The number of pyridine rings is 1. The van der Waals surface area contributed by atoms with Crippen LogP contribution in [0.1, 0.15) is 5.56 Å². The third-order valence-electron chi connectivity index (χ3n) is 5.29. The molecule has 12 heteroatoms. The van der Waals surface area contributed by atoms with Crippen LogP contribution in [0, 0.1) is 0 Å². The normalized spacial score (nSPS) is 13.8. The second-order valence-corrected chi connectivity index (χ2v) is 10.2. The number of sulfonamides is 1. The fraction of sp³-hybridized carbons (Fsp3) is 0.136. The molecule has 1 N–H and O–H groups in total. The van der Waals surface area contributed by atoms with Crippen LogP contribution >= 0.6 is 11.3 Å². The van der Waals surface area contributed by atoms with Gasteiger partial charge in [-0.05, 0) is 66.6 Å². The van der Waals surface area contributed by atoms with Gasteiger partial charge in [0.15, 0.2) is 0 Å². The summed E-state index contributed by atoms with van der Waals surface area (Å²) in [4.78, 5) is 21.7. The van der Waals surface area contributed by atoms with E-state index in [9.17, 15) is 26.4 Å². The van der Waals surface area contributed by atoms with Crippen molar-refractivity contribution in [3.63, 3.8) is 0 Å². The van der Waals surface area contributed by atoms with Crippen LogP contribution in [0.25, 0.3) is 20.9 Å². The molecule has 1 aliphatic heterocycles. The van der Waals surface area contributed by atoms with Crippen LogP contribution in [-0.2, 0) is 21.2 Å². The summed E-state index contributed by atoms with van der Waals surface area (Å²) in [7, 11) is -4.00. The topological polar surface area (TPSA) is 92.3 Å². The summed E-state index contributed by atoms with van der Waals surface area (Å²) >= 11 is 1.42. The molecule has 0 spiro atoms. The number of amides is 1. The van der Waals surface area contributed by atoms with Gasteiger partial charge in [0.25, 0.3) is 10.0 Å². The van der Waals surface area contributed by atoms with Crippen LogP contribution in [-0.4, -0.2) is 37.0 Å². The number of halogens is 3. The largest absolute Gasteiger partial charge is 0.471 e. The molecule has 2 aromatic carbocycles. The Balaban J connectivity index is 1.35. The van der Waals surface area contributed by atoms with Gasteiger partial charge in [-0.25, -0.2) is 18.4 Å². The van der Waals surface area contributed by atoms with Crippen molar-refractivity contribution in [1.29, 1.82) is 0 Å². The van der Waals surface area contributed by atoms with E-state index in [1.807, 2.05) is 6.07 Å². The molecule has 0 saturated heterocycles. The number of benzene rings is 2. The number of anilines is 2. The second kappa shape index (κ2) is 8.06. The molecular weight excluding hydrogens is 489 g/mol. The summed E-state index contributed by atoms with van der Waals surface area (Å²) in [6, 6.07) is 14.0. The van der Waals surface area contributed by atoms with Crippen molar-refractivity contribution in [2.24, 2.45) is 0 Å². The minimum Gasteiger partial charge on any atom is -0.304 e. The first-order valence-corrected chi connectivity index (χ1v) is 12.3. The lowest BCUT2D eigenvalue weighted by Gasteiger charge is -2.19. The van der Waals surface area contributed by atoms with Crippen molar-refractivity contribution in [2.75, 3.05) is 16.2 Å². The fourth-order valence-electron chi connectivity index (χ4n) is 3.70. The average Bonchev–Trinajstić information content (AvgIpc) is 3.42. The Morgan fingerprint density at radius 1 is 1.09 bits per heavy atom. The first-order valence-electron chi connectivity index (χ1n) is 9.98. The molecule has 1 amide bonds. The molecule has 2 aromatic heterocycles. The van der Waals surface area contributed by atoms with E-state index in [0.29, 0.717) is 16.2 Å². The van der Waals surface area contributed by atoms with Crippen LogP contribution in [0.2, 0.25) is 0 Å². The molecule has 3 heterocycles. The van der Waals surface area contributed by atoms with Crippen LogP contribution in [0.5, 0.6) is 0 Å². The van der Waals surface area contributed by atoms with Gasteiger partial charge in [-0.1, -0.05) is 11.3 Å². The molecule has 1 aliphatic rings. The average molecular weight is 505 g/mol. The summed E-state index contributed by atoms with van der Waals surface area (Å²) in [6.07, 6.45) is -3.18. The SMILES string of the molecule is O=C(N1CCc2cc(S(=O)(=O)Nc3ccc(-c4nc5cccnc5s4)cc3)ccc21)C(F)(F)F. The summed E-state index contributed by atoms with van der Waals surface area (Å²) in [5.74, 6) is -1.97. The Morgan fingerprint density at radius 2 is 1.85 bits per heavy atom. The van der Waals surface area contributed by atoms with Gasteiger partial charge in [0.1, 0.15) is 15.4 Å². The van der Waals surface area contributed by atoms with Gasteiger partial charge in [0.2, 0.25) is 0 Å². The van der Waals surface area contributed by atoms with Crippen LogP contribution in [0.4, 0.5) is 24.5 Å². The van der Waals surface area contributed by atoms with E-state index in [-0.39, 0.29) is 23.5 Å². The number of rotatable bonds is 4. The molecular formula is C22H15F3N4O3S2. The van der Waals surface area contributed by atoms with Gasteiger partial charge in [-0.2, -0.15) is 13.2 Å². The van der Waals surface area contributed by atoms with Gasteiger partial charge < -0.3 is 4.90 Å². The molecule has 34 heavy (non-hydrogen) atoms. The quantitative estimate of drug-likeness (QED) is 0.438. The summed E-state index contributed by atoms with van der Waals surface area (Å²) < 4.78 is 66.6. The van der Waals surface area contributed by atoms with Gasteiger partial charge in [-0.15, -0.1) is 0 Å². The maximum Gasteiger partial charge on any atom is 0.471 e. The van der Waals surface area contributed by atoms with Gasteiger partial charge in [0, 0.05) is 29.7 Å². The number of fused-ring (bicyclic) bond motifs is 2. The van der Waals surface area contributed by atoms with E-state index in [1.165, 1.54) is 29.5 Å². The molecule has 0 radical (unpaired) electrons. The Bertz CT molecular complexity index is 1480. The summed E-state index contributed by atoms with van der Waals surface area (Å²) in [5.41, 5.74) is 2.32. The number of aromatic nitrogens is 2. The Morgan fingerprint density at radius 3 is 2.56 bits per heavy atom. The number of hydrogen-bond donors (Lipinski definition) is 1. The van der Waals surface area contributed by atoms with Crippen molar-refractivity contribution in [1.82, 2.24) is 9.97 Å². The standard InChI is InChI=1S/C22H15F3N4O3S2/c23-22(24,25)21(30)29-11-9-14-12-16(7-8-18(14)29)34(31,32)28-15-5-3-13(4-6-15)19-27-17-2-1-10-26-20(17)33-19/h1-8,10,12,28H,9,11H2. The lowest BCUT2D eigenvalue weighted by molar-refractivity contribution is -0.170. The molecule has 7 nitrogen and oxygen atoms in total. The Hall–Kier alpha value is -3.51. The predicted octanol–water partition coefficient (Wildman–Crippen LogP) is 4.61. The zero-order chi connectivity index (χ0) is 24.1. The third kappa shape index (κ3) is 4.10. The lowest BCUT2D eigenvalue weighted by Crippen LogP contribution is -2.40. The molecule has 0 unspecified atom stereocenters. The molecule has 0 saturated carbocycles. The molecule has 5 rings (SSSR count). The maximum absolute atomic E-state index is 12.9. The number of nitrogens with zero attached hydrogens (tertiary/aromatic N) is 3. The predicted molar refractivity (Wildman–Crippen MR) is 122 cm³/mol. The maximum atomic E-state index is 12.9. The summed E-state index contributed by atoms with van der Waals surface area (Å²) in [5, 5.41) is 0.750. The Labute approximate surface area is 195 Å². The van der Waals surface area contributed by atoms with Crippen LogP contribution < -0.4 is 9.62 Å². The number of hydrogen-bond acceptors (Lipinski definition) is 6. The summed E-state index contributed by atoms with van der Waals surface area (Å²) in [6.45, 7) is -0.159. The minimum atomic E-state index is -5.00. The highest BCUT2D eigenvalue weighted by Crippen LogP contribution is 2.34. The van der Waals surface area contributed by atoms with E-state index in [0.717, 1.165) is 20.9 Å². The Kier molecular flexibility index (Phi) is 5.29. The van der Waals surface area contributed by atoms with Crippen molar-refractivity contribution >= 4 is 49.0 Å². The highest BCUT2D eigenvalue weighted by Gasteiger charge is 2.44. The number of carbonyl (C=O) groups excluding carboxylic acids is 1. The number of alkyl halides is 3. The minimum absolute atomic E-state index is 0.0657. The molecule has 174 valence electrons. The second-order valence-electron chi connectivity index (χ2n) is 7.52. The lowest BCUT2D eigenvalue weighted by atomic mass is 10.2. The third-order valence-corrected chi connectivity index (χ3v) is 7.70. The van der Waals surface area contributed by atoms with Crippen molar-refractivity contribution in [2.45, 2.75) is 17.5 Å². The van der Waals surface area contributed by atoms with E-state index >= 15 is 0 Å². The zero-order valence-electron chi connectivity index (χ0n) is 17.2. The zero-order valence-corrected chi connectivity index (χ0v) is 18.8. The van der Waals surface area contributed by atoms with E-state index < -0.39 is 22.1 Å². The smallest absolute Gasteiger partial charge is 0.304 e. The van der Waals surface area contributed by atoms with Crippen LogP contribution in [0.3, 0.4) is 0 Å². The van der Waals surface area contributed by atoms with Gasteiger partial charge >= 0.3 is 12.1 Å². The molecule has 0 fully saturated rings. The first-order chi connectivity index (χ1) is 16.1. The molecule has 0 aliphatic carbocycles.